The van der Waals surface area contributed by atoms with E-state index in [1.807, 2.05) is 49.8 Å². The molecule has 0 amide bonds. The van der Waals surface area contributed by atoms with Crippen molar-refractivity contribution in [1.29, 1.82) is 0 Å². The zero-order valence-electron chi connectivity index (χ0n) is 18.8. The fourth-order valence-corrected chi connectivity index (χ4v) is 4.71. The molecule has 3 aromatic heterocycles. The van der Waals surface area contributed by atoms with Crippen LogP contribution in [0.5, 0.6) is 0 Å². The highest BCUT2D eigenvalue weighted by atomic mass is 16.1. The van der Waals surface area contributed by atoms with Crippen molar-refractivity contribution in [3.8, 4) is 0 Å². The Kier molecular flexibility index (Phi) is 6.13. The van der Waals surface area contributed by atoms with Gasteiger partial charge in [0.15, 0.2) is 5.43 Å². The number of para-hydroxylation sites is 1. The third-order valence-electron chi connectivity index (χ3n) is 6.37. The lowest BCUT2D eigenvalue weighted by atomic mass is 10.0. The first-order valence-corrected chi connectivity index (χ1v) is 11.4. The number of nitrogens with zero attached hydrogens (tertiary/aromatic N) is 5. The second-order valence-electron chi connectivity index (χ2n) is 8.70. The predicted octanol–water partition coefficient (Wildman–Crippen LogP) is 3.69. The van der Waals surface area contributed by atoms with E-state index < -0.39 is 0 Å². The van der Waals surface area contributed by atoms with Crippen LogP contribution < -0.4 is 10.3 Å². The van der Waals surface area contributed by atoms with E-state index in [-0.39, 0.29) is 5.43 Å². The summed E-state index contributed by atoms with van der Waals surface area (Å²) in [6.45, 7) is 5.18. The molecule has 1 fully saturated rings. The highest BCUT2D eigenvalue weighted by Gasteiger charge is 2.27. The topological polar surface area (TPSA) is 78.0 Å². The zero-order valence-corrected chi connectivity index (χ0v) is 18.8. The van der Waals surface area contributed by atoms with Crippen LogP contribution in [0.1, 0.15) is 29.7 Å². The number of pyridine rings is 2. The third-order valence-corrected chi connectivity index (χ3v) is 6.37. The molecule has 5 rings (SSSR count). The lowest BCUT2D eigenvalue weighted by molar-refractivity contribution is 0.158. The molecular formula is C26H28N6O. The summed E-state index contributed by atoms with van der Waals surface area (Å²) < 4.78 is 0. The van der Waals surface area contributed by atoms with E-state index in [4.69, 9.17) is 0 Å². The molecule has 7 nitrogen and oxygen atoms in total. The Morgan fingerprint density at radius 3 is 2.88 bits per heavy atom. The minimum Gasteiger partial charge on any atom is -0.361 e. The number of fused-ring (bicyclic) bond motifs is 1. The van der Waals surface area contributed by atoms with Gasteiger partial charge in [-0.05, 0) is 49.6 Å². The summed E-state index contributed by atoms with van der Waals surface area (Å²) in [6.07, 6.45) is 11.2. The largest absolute Gasteiger partial charge is 0.361 e. The fourth-order valence-electron chi connectivity index (χ4n) is 4.71. The lowest BCUT2D eigenvalue weighted by Gasteiger charge is -2.40. The normalized spacial score (nSPS) is 16.4. The SMILES string of the molecule is Cc1cc(CN(Cc2c[nH]c3ccccc3c2=O)[C@H]2CCCN(c3cnccn3)C2)ccn1. The second kappa shape index (κ2) is 9.50. The second-order valence-corrected chi connectivity index (χ2v) is 8.70. The van der Waals surface area contributed by atoms with E-state index in [0.717, 1.165) is 60.5 Å². The lowest BCUT2D eigenvalue weighted by Crippen LogP contribution is -2.48. The number of benzene rings is 1. The molecule has 1 aliphatic rings. The number of piperidine rings is 1. The van der Waals surface area contributed by atoms with E-state index in [1.54, 1.807) is 12.4 Å². The number of rotatable bonds is 6. The Balaban J connectivity index is 1.45. The van der Waals surface area contributed by atoms with Crippen LogP contribution in [0.25, 0.3) is 10.9 Å². The van der Waals surface area contributed by atoms with Crippen LogP contribution in [0.4, 0.5) is 5.82 Å². The average Bonchev–Trinajstić information content (AvgIpc) is 2.86. The van der Waals surface area contributed by atoms with Gasteiger partial charge in [-0.1, -0.05) is 12.1 Å². The molecule has 168 valence electrons. The molecule has 1 aromatic carbocycles. The van der Waals surface area contributed by atoms with E-state index in [2.05, 4.69) is 41.9 Å². The van der Waals surface area contributed by atoms with E-state index in [0.29, 0.717) is 12.6 Å². The number of anilines is 1. The average molecular weight is 441 g/mol. The standard InChI is InChI=1S/C26H28N6O/c1-19-13-20(8-9-28-19)16-32(17-21-14-30-24-7-3-2-6-23(24)26(21)33)22-5-4-12-31(18-22)25-15-27-10-11-29-25/h2-3,6-11,13-15,22H,4-5,12,16-18H2,1H3,(H,30,33)/t22-/m0/s1. The Morgan fingerprint density at radius 2 is 2.03 bits per heavy atom. The zero-order chi connectivity index (χ0) is 22.6. The molecule has 0 radical (unpaired) electrons. The minimum atomic E-state index is 0.0989. The molecule has 0 bridgehead atoms. The summed E-state index contributed by atoms with van der Waals surface area (Å²) in [4.78, 5) is 34.4. The van der Waals surface area contributed by atoms with Gasteiger partial charge in [0.05, 0.1) is 6.20 Å². The van der Waals surface area contributed by atoms with Crippen molar-refractivity contribution < 1.29 is 0 Å². The Labute approximate surface area is 193 Å². The summed E-state index contributed by atoms with van der Waals surface area (Å²) in [5.41, 5.74) is 3.96. The highest BCUT2D eigenvalue weighted by Crippen LogP contribution is 2.23. The number of hydrogen-bond donors (Lipinski definition) is 1. The molecule has 0 unspecified atom stereocenters. The van der Waals surface area contributed by atoms with Gasteiger partial charge in [-0.15, -0.1) is 0 Å². The molecule has 0 saturated carbocycles. The van der Waals surface area contributed by atoms with Gasteiger partial charge in [-0.3, -0.25) is 19.7 Å². The van der Waals surface area contributed by atoms with Crippen molar-refractivity contribution in [2.24, 2.45) is 0 Å². The van der Waals surface area contributed by atoms with Crippen LogP contribution in [-0.2, 0) is 13.1 Å². The van der Waals surface area contributed by atoms with Gasteiger partial charge < -0.3 is 9.88 Å². The number of H-pyrrole nitrogens is 1. The van der Waals surface area contributed by atoms with Gasteiger partial charge in [0.1, 0.15) is 5.82 Å². The summed E-state index contributed by atoms with van der Waals surface area (Å²) in [5.74, 6) is 0.908. The first kappa shape index (κ1) is 21.3. The van der Waals surface area contributed by atoms with Gasteiger partial charge in [0.25, 0.3) is 0 Å². The van der Waals surface area contributed by atoms with Crippen molar-refractivity contribution in [1.82, 2.24) is 24.8 Å². The summed E-state index contributed by atoms with van der Waals surface area (Å²) in [5, 5.41) is 0.736. The van der Waals surface area contributed by atoms with Gasteiger partial charge >= 0.3 is 0 Å². The van der Waals surface area contributed by atoms with Gasteiger partial charge in [0.2, 0.25) is 0 Å². The van der Waals surface area contributed by atoms with Crippen molar-refractivity contribution in [3.63, 3.8) is 0 Å². The molecule has 4 heterocycles. The van der Waals surface area contributed by atoms with Crippen LogP contribution in [0.3, 0.4) is 0 Å². The fraction of sp³-hybridized carbons (Fsp3) is 0.308. The van der Waals surface area contributed by atoms with Crippen molar-refractivity contribution in [2.45, 2.75) is 38.9 Å². The van der Waals surface area contributed by atoms with E-state index >= 15 is 0 Å². The van der Waals surface area contributed by atoms with Crippen LogP contribution in [0, 0.1) is 6.92 Å². The monoisotopic (exact) mass is 440 g/mol. The maximum atomic E-state index is 13.3. The van der Waals surface area contributed by atoms with Gasteiger partial charge in [0, 0.05) is 79.2 Å². The molecule has 1 N–H and O–H groups in total. The Hall–Kier alpha value is -3.58. The highest BCUT2D eigenvalue weighted by molar-refractivity contribution is 5.78. The summed E-state index contributed by atoms with van der Waals surface area (Å²) >= 11 is 0. The number of aryl methyl sites for hydroxylation is 1. The quantitative estimate of drug-likeness (QED) is 0.493. The molecule has 33 heavy (non-hydrogen) atoms. The minimum absolute atomic E-state index is 0.0989. The third kappa shape index (κ3) is 4.78. The van der Waals surface area contributed by atoms with Crippen molar-refractivity contribution in [3.05, 3.63) is 94.4 Å². The van der Waals surface area contributed by atoms with E-state index in [1.165, 1.54) is 5.56 Å². The van der Waals surface area contributed by atoms with Crippen LogP contribution in [0.2, 0.25) is 0 Å². The first-order chi connectivity index (χ1) is 16.2. The van der Waals surface area contributed by atoms with Crippen molar-refractivity contribution in [2.75, 3.05) is 18.0 Å². The molecule has 7 heteroatoms. The number of nitrogens with one attached hydrogen (secondary N) is 1. The molecule has 4 aromatic rings. The maximum Gasteiger partial charge on any atom is 0.193 e. The predicted molar refractivity (Wildman–Crippen MR) is 130 cm³/mol. The maximum absolute atomic E-state index is 13.3. The first-order valence-electron chi connectivity index (χ1n) is 11.4. The number of aromatic amines is 1. The van der Waals surface area contributed by atoms with Crippen LogP contribution in [0.15, 0.2) is 72.2 Å². The molecule has 0 aliphatic carbocycles. The number of hydrogen-bond acceptors (Lipinski definition) is 6. The molecule has 1 saturated heterocycles. The molecule has 1 atom stereocenters. The Bertz CT molecular complexity index is 1290. The van der Waals surface area contributed by atoms with Gasteiger partial charge in [-0.2, -0.15) is 0 Å². The summed E-state index contributed by atoms with van der Waals surface area (Å²) in [7, 11) is 0. The molecule has 1 aliphatic heterocycles. The molecule has 0 spiro atoms. The summed E-state index contributed by atoms with van der Waals surface area (Å²) in [6, 6.07) is 12.2. The Morgan fingerprint density at radius 1 is 1.12 bits per heavy atom. The molecular weight excluding hydrogens is 412 g/mol. The van der Waals surface area contributed by atoms with Crippen LogP contribution in [-0.4, -0.2) is 44.0 Å². The smallest absolute Gasteiger partial charge is 0.193 e. The van der Waals surface area contributed by atoms with Gasteiger partial charge in [-0.25, -0.2) is 4.98 Å². The van der Waals surface area contributed by atoms with Crippen molar-refractivity contribution >= 4 is 16.7 Å². The van der Waals surface area contributed by atoms with E-state index in [9.17, 15) is 4.79 Å². The number of aromatic nitrogens is 4. The van der Waals surface area contributed by atoms with Crippen LogP contribution >= 0.6 is 0 Å².